The molecule has 3 atom stereocenters. The molecule has 0 saturated carbocycles. The lowest BCUT2D eigenvalue weighted by atomic mass is 9.69. The zero-order chi connectivity index (χ0) is 19.7. The highest BCUT2D eigenvalue weighted by atomic mass is 32.2. The van der Waals surface area contributed by atoms with Crippen LogP contribution in [0.2, 0.25) is 0 Å². The molecule has 0 unspecified atom stereocenters. The van der Waals surface area contributed by atoms with Gasteiger partial charge in [-0.2, -0.15) is 0 Å². The number of fused-ring (bicyclic) bond motifs is 1. The summed E-state index contributed by atoms with van der Waals surface area (Å²) in [7, 11) is -3.53. The minimum atomic E-state index is -3.53. The summed E-state index contributed by atoms with van der Waals surface area (Å²) in [5, 5.41) is 11.6. The predicted molar refractivity (Wildman–Crippen MR) is 109 cm³/mol. The van der Waals surface area contributed by atoms with Crippen molar-refractivity contribution in [2.75, 3.05) is 11.5 Å². The summed E-state index contributed by atoms with van der Waals surface area (Å²) in [5.41, 5.74) is 7.37. The number of sulfone groups is 1. The molecule has 27 heavy (non-hydrogen) atoms. The van der Waals surface area contributed by atoms with Gasteiger partial charge in [-0.25, -0.2) is 8.42 Å². The monoisotopic (exact) mass is 387 g/mol. The number of aliphatic hydroxyl groups excluding tert-OH is 1. The molecule has 0 radical (unpaired) electrons. The Kier molecular flexibility index (Phi) is 5.63. The van der Waals surface area contributed by atoms with Crippen molar-refractivity contribution in [3.63, 3.8) is 0 Å². The van der Waals surface area contributed by atoms with Crippen molar-refractivity contribution in [2.45, 2.75) is 56.4 Å². The molecule has 5 heteroatoms. The second-order valence-corrected chi connectivity index (χ2v) is 9.67. The van der Waals surface area contributed by atoms with Crippen LogP contribution in [0.15, 0.2) is 53.4 Å². The molecule has 0 spiro atoms. The first-order chi connectivity index (χ1) is 12.8. The average Bonchev–Trinajstić information content (AvgIpc) is 2.72. The van der Waals surface area contributed by atoms with E-state index >= 15 is 0 Å². The van der Waals surface area contributed by atoms with Crippen molar-refractivity contribution in [3.8, 4) is 0 Å². The maximum Gasteiger partial charge on any atom is 0.179 e. The van der Waals surface area contributed by atoms with Crippen LogP contribution in [-0.4, -0.2) is 25.4 Å². The highest BCUT2D eigenvalue weighted by Crippen LogP contribution is 2.48. The Hall–Kier alpha value is -1.85. The van der Waals surface area contributed by atoms with E-state index in [4.69, 9.17) is 5.73 Å². The summed E-state index contributed by atoms with van der Waals surface area (Å²) >= 11 is 0. The van der Waals surface area contributed by atoms with Gasteiger partial charge in [-0.15, -0.1) is 0 Å². The molecule has 1 aliphatic heterocycles. The third kappa shape index (κ3) is 3.63. The molecule has 1 heterocycles. The molecule has 0 amide bonds. The zero-order valence-electron chi connectivity index (χ0n) is 16.1. The lowest BCUT2D eigenvalue weighted by Gasteiger charge is -2.39. The van der Waals surface area contributed by atoms with E-state index in [0.717, 1.165) is 18.4 Å². The third-order valence-corrected chi connectivity index (χ3v) is 8.01. The molecule has 0 fully saturated rings. The van der Waals surface area contributed by atoms with Crippen LogP contribution in [0.3, 0.4) is 0 Å². The summed E-state index contributed by atoms with van der Waals surface area (Å²) in [5.74, 6) is -0.448. The number of hydrogen-bond donors (Lipinski definition) is 2. The van der Waals surface area contributed by atoms with E-state index in [1.165, 1.54) is 0 Å². The van der Waals surface area contributed by atoms with Crippen LogP contribution in [0.5, 0.6) is 0 Å². The van der Waals surface area contributed by atoms with E-state index in [0.29, 0.717) is 29.0 Å². The first-order valence-corrected chi connectivity index (χ1v) is 11.3. The van der Waals surface area contributed by atoms with Crippen molar-refractivity contribution in [2.24, 2.45) is 5.41 Å². The summed E-state index contributed by atoms with van der Waals surface area (Å²) in [6, 6.07) is 14.6. The Morgan fingerprint density at radius 2 is 1.85 bits per heavy atom. The van der Waals surface area contributed by atoms with Gasteiger partial charge in [0.1, 0.15) is 0 Å². The van der Waals surface area contributed by atoms with Gasteiger partial charge in [0, 0.05) is 17.0 Å². The quantitative estimate of drug-likeness (QED) is 0.756. The first-order valence-electron chi connectivity index (χ1n) is 9.70. The van der Waals surface area contributed by atoms with Gasteiger partial charge in [0.05, 0.1) is 16.8 Å². The third-order valence-electron chi connectivity index (χ3n) is 6.02. The molecule has 3 rings (SSSR count). The smallest absolute Gasteiger partial charge is 0.179 e. The first kappa shape index (κ1) is 19.9. The van der Waals surface area contributed by atoms with Gasteiger partial charge >= 0.3 is 0 Å². The highest BCUT2D eigenvalue weighted by molar-refractivity contribution is 7.91. The number of nitrogen functional groups attached to an aromatic ring is 1. The van der Waals surface area contributed by atoms with Crippen LogP contribution in [-0.2, 0) is 9.84 Å². The Morgan fingerprint density at radius 1 is 1.15 bits per heavy atom. The van der Waals surface area contributed by atoms with Crippen LogP contribution in [0.4, 0.5) is 5.69 Å². The van der Waals surface area contributed by atoms with Crippen molar-refractivity contribution >= 4 is 15.5 Å². The van der Waals surface area contributed by atoms with Gasteiger partial charge in [0.2, 0.25) is 0 Å². The van der Waals surface area contributed by atoms with Gasteiger partial charge in [-0.3, -0.25) is 0 Å². The molecule has 0 saturated heterocycles. The largest absolute Gasteiger partial charge is 0.399 e. The Bertz CT molecular complexity index is 895. The van der Waals surface area contributed by atoms with Crippen LogP contribution < -0.4 is 5.73 Å². The summed E-state index contributed by atoms with van der Waals surface area (Å²) in [6.45, 7) is 4.08. The molecule has 2 aromatic rings. The zero-order valence-corrected chi connectivity index (χ0v) is 16.9. The fourth-order valence-corrected chi connectivity index (χ4v) is 6.67. The maximum absolute atomic E-state index is 13.3. The molecular weight excluding hydrogens is 358 g/mol. The van der Waals surface area contributed by atoms with Crippen molar-refractivity contribution in [1.82, 2.24) is 0 Å². The van der Waals surface area contributed by atoms with Crippen LogP contribution >= 0.6 is 0 Å². The molecule has 0 aromatic heterocycles. The molecule has 1 aliphatic rings. The molecule has 3 N–H and O–H groups in total. The van der Waals surface area contributed by atoms with Crippen LogP contribution in [0, 0.1) is 5.41 Å². The number of nitrogens with two attached hydrogens (primary N) is 1. The fourth-order valence-electron chi connectivity index (χ4n) is 4.42. The van der Waals surface area contributed by atoms with E-state index in [2.05, 4.69) is 6.92 Å². The van der Waals surface area contributed by atoms with Crippen molar-refractivity contribution < 1.29 is 13.5 Å². The normalized spacial score (nSPS) is 26.9. The topological polar surface area (TPSA) is 80.4 Å². The van der Waals surface area contributed by atoms with E-state index in [9.17, 15) is 13.5 Å². The Labute approximate surface area is 162 Å². The van der Waals surface area contributed by atoms with Gasteiger partial charge < -0.3 is 10.8 Å². The van der Waals surface area contributed by atoms with Gasteiger partial charge in [-0.05, 0) is 42.2 Å². The number of hydrogen-bond acceptors (Lipinski definition) is 4. The molecule has 2 aromatic carbocycles. The summed E-state index contributed by atoms with van der Waals surface area (Å²) < 4.78 is 26.6. The summed E-state index contributed by atoms with van der Waals surface area (Å²) in [6.07, 6.45) is 2.35. The molecule has 4 nitrogen and oxygen atoms in total. The lowest BCUT2D eigenvalue weighted by Crippen LogP contribution is -2.42. The lowest BCUT2D eigenvalue weighted by molar-refractivity contribution is 0.0174. The maximum atomic E-state index is 13.3. The van der Waals surface area contributed by atoms with Crippen LogP contribution in [0.25, 0.3) is 0 Å². The average molecular weight is 388 g/mol. The van der Waals surface area contributed by atoms with Crippen molar-refractivity contribution in [3.05, 3.63) is 59.7 Å². The van der Waals surface area contributed by atoms with Crippen LogP contribution in [0.1, 0.15) is 56.6 Å². The number of anilines is 1. The fraction of sp³-hybridized carbons (Fsp3) is 0.455. The highest BCUT2D eigenvalue weighted by Gasteiger charge is 2.48. The van der Waals surface area contributed by atoms with Gasteiger partial charge in [0.15, 0.2) is 9.84 Å². The van der Waals surface area contributed by atoms with E-state index < -0.39 is 27.3 Å². The van der Waals surface area contributed by atoms with E-state index in [-0.39, 0.29) is 5.75 Å². The predicted octanol–water partition coefficient (Wildman–Crippen LogP) is 4.14. The Balaban J connectivity index is 2.28. The van der Waals surface area contributed by atoms with Gasteiger partial charge in [0.25, 0.3) is 0 Å². The van der Waals surface area contributed by atoms with Crippen molar-refractivity contribution in [1.29, 1.82) is 0 Å². The Morgan fingerprint density at radius 3 is 2.48 bits per heavy atom. The van der Waals surface area contributed by atoms with E-state index in [1.807, 2.05) is 37.3 Å². The number of rotatable bonds is 5. The number of aliphatic hydroxyl groups is 1. The van der Waals surface area contributed by atoms with Gasteiger partial charge in [-0.1, -0.05) is 57.0 Å². The van der Waals surface area contributed by atoms with E-state index in [1.54, 1.807) is 18.2 Å². The minimum Gasteiger partial charge on any atom is -0.399 e. The molecular formula is C22H29NO3S. The molecule has 146 valence electrons. The second-order valence-electron chi connectivity index (χ2n) is 7.71. The standard InChI is InChI=1S/C22H29NO3S/c1-3-5-13-22(4-2)15-27(25,26)19-12-11-17(23)14-18(19)20(21(22)24)16-9-7-6-8-10-16/h6-12,14,20-21,24H,3-5,13,15,23H2,1-2H3/t20-,21-,22+/m1/s1. The SMILES string of the molecule is CCCC[C@@]1(CC)CS(=O)(=O)c2ccc(N)cc2[C@@H](c2ccccc2)[C@H]1O. The number of benzene rings is 2. The molecule has 0 aliphatic carbocycles. The second kappa shape index (κ2) is 7.64. The molecule has 0 bridgehead atoms. The minimum absolute atomic E-state index is 0.0298. The summed E-state index contributed by atoms with van der Waals surface area (Å²) in [4.78, 5) is 0.302. The number of unbranched alkanes of at least 4 members (excludes halogenated alkanes) is 1.